The number of aryl methyl sites for hydroxylation is 2. The highest BCUT2D eigenvalue weighted by molar-refractivity contribution is 7.90. The van der Waals surface area contributed by atoms with E-state index in [-0.39, 0.29) is 17.9 Å². The minimum absolute atomic E-state index is 0.0520. The van der Waals surface area contributed by atoms with Crippen molar-refractivity contribution in [1.29, 1.82) is 0 Å². The van der Waals surface area contributed by atoms with Crippen LogP contribution < -0.4 is 9.46 Å². The fraction of sp³-hybridized carbons (Fsp3) is 0.250. The Morgan fingerprint density at radius 2 is 2.04 bits per heavy atom. The standard InChI is InChI=1S/C16H18N2O4S/c1-12-5-6-13(2)15(10-12)22-9-7-16(19)18-23(20,21)14-4-3-8-17-11-14/h3-6,8,10-11H,7,9H2,1-2H3,(H,18,19). The SMILES string of the molecule is Cc1ccc(C)c(OCCC(=O)NS(=O)(=O)c2cccnc2)c1. The zero-order valence-electron chi connectivity index (χ0n) is 12.9. The Kier molecular flexibility index (Phi) is 5.33. The summed E-state index contributed by atoms with van der Waals surface area (Å²) < 4.78 is 31.5. The molecule has 0 unspecified atom stereocenters. The highest BCUT2D eigenvalue weighted by Gasteiger charge is 2.17. The number of benzene rings is 1. The van der Waals surface area contributed by atoms with Crippen molar-refractivity contribution >= 4 is 15.9 Å². The average molecular weight is 334 g/mol. The largest absolute Gasteiger partial charge is 0.493 e. The molecule has 122 valence electrons. The summed E-state index contributed by atoms with van der Waals surface area (Å²) in [7, 11) is -3.89. The molecular formula is C16H18N2O4S. The van der Waals surface area contributed by atoms with Crippen LogP contribution in [0.5, 0.6) is 5.75 Å². The molecule has 0 aliphatic rings. The van der Waals surface area contributed by atoms with Gasteiger partial charge < -0.3 is 4.74 Å². The number of hydrogen-bond donors (Lipinski definition) is 1. The molecule has 1 aromatic heterocycles. The fourth-order valence-corrected chi connectivity index (χ4v) is 2.86. The molecule has 0 spiro atoms. The number of carbonyl (C=O) groups excluding carboxylic acids is 1. The Balaban J connectivity index is 1.89. The Bertz CT molecular complexity index is 789. The van der Waals surface area contributed by atoms with Gasteiger partial charge in [-0.05, 0) is 43.2 Å². The Morgan fingerprint density at radius 1 is 1.26 bits per heavy atom. The summed E-state index contributed by atoms with van der Waals surface area (Å²) in [5.41, 5.74) is 2.01. The molecule has 1 N–H and O–H groups in total. The van der Waals surface area contributed by atoms with Crippen LogP contribution in [0, 0.1) is 13.8 Å². The number of pyridine rings is 1. The molecule has 23 heavy (non-hydrogen) atoms. The molecule has 2 rings (SSSR count). The molecule has 0 atom stereocenters. The number of nitrogens with zero attached hydrogens (tertiary/aromatic N) is 1. The number of ether oxygens (including phenoxy) is 1. The first-order chi connectivity index (χ1) is 10.9. The van der Waals surface area contributed by atoms with Crippen molar-refractivity contribution in [1.82, 2.24) is 9.71 Å². The fourth-order valence-electron chi connectivity index (χ4n) is 1.88. The van der Waals surface area contributed by atoms with E-state index in [1.807, 2.05) is 36.8 Å². The van der Waals surface area contributed by atoms with Crippen LogP contribution in [0.1, 0.15) is 17.5 Å². The number of carbonyl (C=O) groups is 1. The van der Waals surface area contributed by atoms with Gasteiger partial charge in [0.15, 0.2) is 0 Å². The zero-order valence-corrected chi connectivity index (χ0v) is 13.8. The second-order valence-corrected chi connectivity index (χ2v) is 6.77. The lowest BCUT2D eigenvalue weighted by Gasteiger charge is -2.10. The molecular weight excluding hydrogens is 316 g/mol. The first-order valence-electron chi connectivity index (χ1n) is 7.04. The number of sulfonamides is 1. The van der Waals surface area contributed by atoms with Crippen LogP contribution in [-0.4, -0.2) is 25.9 Å². The molecule has 7 heteroatoms. The number of aromatic nitrogens is 1. The number of nitrogens with one attached hydrogen (secondary N) is 1. The van der Waals surface area contributed by atoms with Gasteiger partial charge in [0.05, 0.1) is 13.0 Å². The van der Waals surface area contributed by atoms with Crippen molar-refractivity contribution in [2.24, 2.45) is 0 Å². The van der Waals surface area contributed by atoms with Crippen LogP contribution in [0.4, 0.5) is 0 Å². The molecule has 0 saturated carbocycles. The predicted octanol–water partition coefficient (Wildman–Crippen LogP) is 1.97. The van der Waals surface area contributed by atoms with Crippen molar-refractivity contribution < 1.29 is 17.9 Å². The molecule has 2 aromatic rings. The van der Waals surface area contributed by atoms with Crippen LogP contribution >= 0.6 is 0 Å². The van der Waals surface area contributed by atoms with E-state index in [4.69, 9.17) is 4.74 Å². The smallest absolute Gasteiger partial charge is 0.265 e. The Hall–Kier alpha value is -2.41. The van der Waals surface area contributed by atoms with Crippen molar-refractivity contribution in [3.05, 3.63) is 53.9 Å². The highest BCUT2D eigenvalue weighted by atomic mass is 32.2. The molecule has 6 nitrogen and oxygen atoms in total. The minimum atomic E-state index is -3.89. The van der Waals surface area contributed by atoms with Crippen LogP contribution in [0.15, 0.2) is 47.6 Å². The van der Waals surface area contributed by atoms with Gasteiger partial charge in [-0.3, -0.25) is 9.78 Å². The van der Waals surface area contributed by atoms with E-state index in [9.17, 15) is 13.2 Å². The van der Waals surface area contributed by atoms with Crippen molar-refractivity contribution in [2.75, 3.05) is 6.61 Å². The summed E-state index contributed by atoms with van der Waals surface area (Å²) in [5, 5.41) is 0. The van der Waals surface area contributed by atoms with Gasteiger partial charge in [0, 0.05) is 12.4 Å². The first kappa shape index (κ1) is 17.0. The van der Waals surface area contributed by atoms with Gasteiger partial charge in [-0.15, -0.1) is 0 Å². The lowest BCUT2D eigenvalue weighted by molar-refractivity contribution is -0.119. The summed E-state index contributed by atoms with van der Waals surface area (Å²) in [6.45, 7) is 3.94. The second-order valence-electron chi connectivity index (χ2n) is 5.08. The zero-order chi connectivity index (χ0) is 16.9. The van der Waals surface area contributed by atoms with E-state index >= 15 is 0 Å². The van der Waals surface area contributed by atoms with E-state index < -0.39 is 15.9 Å². The van der Waals surface area contributed by atoms with Crippen LogP contribution in [0.3, 0.4) is 0 Å². The Morgan fingerprint density at radius 3 is 2.74 bits per heavy atom. The molecule has 1 amide bonds. The lowest BCUT2D eigenvalue weighted by atomic mass is 10.1. The van der Waals surface area contributed by atoms with E-state index in [0.29, 0.717) is 5.75 Å². The molecule has 0 bridgehead atoms. The van der Waals surface area contributed by atoms with E-state index in [2.05, 4.69) is 4.98 Å². The van der Waals surface area contributed by atoms with Gasteiger partial charge in [0.2, 0.25) is 5.91 Å². The molecule has 0 saturated heterocycles. The number of rotatable bonds is 6. The van der Waals surface area contributed by atoms with Crippen LogP contribution in [0.25, 0.3) is 0 Å². The van der Waals surface area contributed by atoms with Crippen LogP contribution in [0.2, 0.25) is 0 Å². The third-order valence-corrected chi connectivity index (χ3v) is 4.48. The van der Waals surface area contributed by atoms with Gasteiger partial charge in [-0.2, -0.15) is 0 Å². The molecule has 0 fully saturated rings. The second kappa shape index (κ2) is 7.23. The summed E-state index contributed by atoms with van der Waals surface area (Å²) in [4.78, 5) is 15.5. The average Bonchev–Trinajstić information content (AvgIpc) is 2.51. The van der Waals surface area contributed by atoms with Crippen LogP contribution in [-0.2, 0) is 14.8 Å². The van der Waals surface area contributed by atoms with Gasteiger partial charge in [-0.25, -0.2) is 13.1 Å². The molecule has 1 aromatic carbocycles. The molecule has 0 radical (unpaired) electrons. The molecule has 0 aliphatic carbocycles. The van der Waals surface area contributed by atoms with Crippen molar-refractivity contribution in [3.8, 4) is 5.75 Å². The highest BCUT2D eigenvalue weighted by Crippen LogP contribution is 2.19. The van der Waals surface area contributed by atoms with Gasteiger partial charge in [0.1, 0.15) is 10.6 Å². The van der Waals surface area contributed by atoms with E-state index in [1.54, 1.807) is 0 Å². The first-order valence-corrected chi connectivity index (χ1v) is 8.52. The van der Waals surface area contributed by atoms with Gasteiger partial charge in [0.25, 0.3) is 10.0 Å². The molecule has 1 heterocycles. The third kappa shape index (κ3) is 4.79. The Labute approximate surface area is 135 Å². The maximum absolute atomic E-state index is 12.0. The van der Waals surface area contributed by atoms with Gasteiger partial charge in [-0.1, -0.05) is 12.1 Å². The molecule has 0 aliphatic heterocycles. The maximum Gasteiger partial charge on any atom is 0.265 e. The lowest BCUT2D eigenvalue weighted by Crippen LogP contribution is -2.31. The summed E-state index contributed by atoms with van der Waals surface area (Å²) >= 11 is 0. The quantitative estimate of drug-likeness (QED) is 0.873. The summed E-state index contributed by atoms with van der Waals surface area (Å²) in [5.74, 6) is 0.0621. The van der Waals surface area contributed by atoms with Crippen molar-refractivity contribution in [3.63, 3.8) is 0 Å². The van der Waals surface area contributed by atoms with E-state index in [0.717, 1.165) is 11.1 Å². The maximum atomic E-state index is 12.0. The predicted molar refractivity (Wildman–Crippen MR) is 85.6 cm³/mol. The number of amides is 1. The topological polar surface area (TPSA) is 85.4 Å². The normalized spacial score (nSPS) is 11.0. The third-order valence-electron chi connectivity index (χ3n) is 3.12. The van der Waals surface area contributed by atoms with Crippen molar-refractivity contribution in [2.45, 2.75) is 25.2 Å². The summed E-state index contributed by atoms with van der Waals surface area (Å²) in [6, 6.07) is 8.63. The summed E-state index contributed by atoms with van der Waals surface area (Å²) in [6.07, 6.45) is 2.58. The minimum Gasteiger partial charge on any atom is -0.493 e. The monoisotopic (exact) mass is 334 g/mol. The van der Waals surface area contributed by atoms with E-state index in [1.165, 1.54) is 24.5 Å². The van der Waals surface area contributed by atoms with Gasteiger partial charge >= 0.3 is 0 Å². The number of hydrogen-bond acceptors (Lipinski definition) is 5.